The lowest BCUT2D eigenvalue weighted by molar-refractivity contribution is 0.0695. The van der Waals surface area contributed by atoms with E-state index in [0.717, 1.165) is 10.8 Å². The molecular weight excluding hydrogens is 378 g/mol. The van der Waals surface area contributed by atoms with E-state index in [1.165, 1.54) is 4.31 Å². The highest BCUT2D eigenvalue weighted by Crippen LogP contribution is 2.23. The molecule has 1 aromatic heterocycles. The summed E-state index contributed by atoms with van der Waals surface area (Å²) in [7, 11) is -3.61. The quantitative estimate of drug-likeness (QED) is 0.676. The monoisotopic (exact) mass is 399 g/mol. The molecule has 8 heteroatoms. The van der Waals surface area contributed by atoms with Gasteiger partial charge in [0.05, 0.1) is 10.6 Å². The zero-order valence-electron chi connectivity index (χ0n) is 15.8. The zero-order valence-corrected chi connectivity index (χ0v) is 16.6. The first kappa shape index (κ1) is 18.6. The SMILES string of the molecule is Cc1noc(C)c1C(=O)N1CCN(S(=O)(=O)c2ccc3ccccc3c2)CC1. The summed E-state index contributed by atoms with van der Waals surface area (Å²) in [5.74, 6) is 0.313. The minimum atomic E-state index is -3.61. The molecule has 0 atom stereocenters. The van der Waals surface area contributed by atoms with Crippen molar-refractivity contribution in [2.75, 3.05) is 26.2 Å². The Morgan fingerprint density at radius 1 is 1.00 bits per heavy atom. The maximum atomic E-state index is 13.0. The molecule has 0 unspecified atom stereocenters. The van der Waals surface area contributed by atoms with E-state index < -0.39 is 10.0 Å². The van der Waals surface area contributed by atoms with Gasteiger partial charge < -0.3 is 9.42 Å². The Labute approximate surface area is 163 Å². The van der Waals surface area contributed by atoms with Crippen LogP contribution in [0.2, 0.25) is 0 Å². The second-order valence-corrected chi connectivity index (χ2v) is 8.84. The van der Waals surface area contributed by atoms with Gasteiger partial charge in [0.2, 0.25) is 10.0 Å². The van der Waals surface area contributed by atoms with Gasteiger partial charge in [0.1, 0.15) is 11.3 Å². The highest BCUT2D eigenvalue weighted by molar-refractivity contribution is 7.89. The van der Waals surface area contributed by atoms with Crippen molar-refractivity contribution in [2.45, 2.75) is 18.7 Å². The number of aryl methyl sites for hydroxylation is 2. The van der Waals surface area contributed by atoms with Gasteiger partial charge in [-0.3, -0.25) is 4.79 Å². The van der Waals surface area contributed by atoms with Crippen molar-refractivity contribution >= 4 is 26.7 Å². The lowest BCUT2D eigenvalue weighted by atomic mass is 10.1. The first-order valence-electron chi connectivity index (χ1n) is 9.09. The van der Waals surface area contributed by atoms with Crippen molar-refractivity contribution in [3.63, 3.8) is 0 Å². The Bertz CT molecular complexity index is 1130. The van der Waals surface area contributed by atoms with Gasteiger partial charge in [-0.25, -0.2) is 8.42 Å². The van der Waals surface area contributed by atoms with Crippen molar-refractivity contribution in [1.82, 2.24) is 14.4 Å². The molecule has 1 aliphatic rings. The lowest BCUT2D eigenvalue weighted by Crippen LogP contribution is -2.50. The smallest absolute Gasteiger partial charge is 0.259 e. The number of hydrogen-bond donors (Lipinski definition) is 0. The van der Waals surface area contributed by atoms with Crippen molar-refractivity contribution in [1.29, 1.82) is 0 Å². The van der Waals surface area contributed by atoms with E-state index in [9.17, 15) is 13.2 Å². The summed E-state index contributed by atoms with van der Waals surface area (Å²) < 4.78 is 32.6. The summed E-state index contributed by atoms with van der Waals surface area (Å²) in [4.78, 5) is 14.7. The molecule has 2 heterocycles. The fraction of sp³-hybridized carbons (Fsp3) is 0.300. The zero-order chi connectivity index (χ0) is 19.9. The Balaban J connectivity index is 1.51. The molecule has 0 radical (unpaired) electrons. The second-order valence-electron chi connectivity index (χ2n) is 6.90. The fourth-order valence-electron chi connectivity index (χ4n) is 3.55. The number of rotatable bonds is 3. The van der Waals surface area contributed by atoms with Gasteiger partial charge in [-0.15, -0.1) is 0 Å². The maximum absolute atomic E-state index is 13.0. The third-order valence-corrected chi connectivity index (χ3v) is 7.03. The Morgan fingerprint density at radius 2 is 1.68 bits per heavy atom. The third kappa shape index (κ3) is 3.18. The van der Waals surface area contributed by atoms with Crippen LogP contribution in [0.3, 0.4) is 0 Å². The molecule has 1 aliphatic heterocycles. The molecule has 7 nitrogen and oxygen atoms in total. The number of piperazine rings is 1. The predicted molar refractivity (Wildman–Crippen MR) is 105 cm³/mol. The molecule has 146 valence electrons. The van der Waals surface area contributed by atoms with Crippen LogP contribution in [0, 0.1) is 13.8 Å². The molecule has 4 rings (SSSR count). The number of fused-ring (bicyclic) bond motifs is 1. The van der Waals surface area contributed by atoms with Crippen molar-refractivity contribution in [2.24, 2.45) is 0 Å². The van der Waals surface area contributed by atoms with Crippen LogP contribution < -0.4 is 0 Å². The van der Waals surface area contributed by atoms with E-state index in [-0.39, 0.29) is 23.9 Å². The molecule has 1 saturated heterocycles. The van der Waals surface area contributed by atoms with Gasteiger partial charge in [-0.05, 0) is 36.8 Å². The summed E-state index contributed by atoms with van der Waals surface area (Å²) in [6, 6.07) is 12.8. The number of benzene rings is 2. The van der Waals surface area contributed by atoms with Gasteiger partial charge in [0.25, 0.3) is 5.91 Å². The van der Waals surface area contributed by atoms with Gasteiger partial charge >= 0.3 is 0 Å². The Morgan fingerprint density at radius 3 is 2.32 bits per heavy atom. The average molecular weight is 399 g/mol. The van der Waals surface area contributed by atoms with Crippen LogP contribution in [0.5, 0.6) is 0 Å². The summed E-state index contributed by atoms with van der Waals surface area (Å²) in [5.41, 5.74) is 1.01. The largest absolute Gasteiger partial charge is 0.361 e. The van der Waals surface area contributed by atoms with Crippen molar-refractivity contribution in [3.8, 4) is 0 Å². The van der Waals surface area contributed by atoms with E-state index in [2.05, 4.69) is 5.16 Å². The van der Waals surface area contributed by atoms with E-state index in [1.807, 2.05) is 30.3 Å². The molecule has 3 aromatic rings. The van der Waals surface area contributed by atoms with E-state index in [4.69, 9.17) is 4.52 Å². The van der Waals surface area contributed by atoms with Gasteiger partial charge in [0, 0.05) is 26.2 Å². The predicted octanol–water partition coefficient (Wildman–Crippen LogP) is 2.59. The highest BCUT2D eigenvalue weighted by Gasteiger charge is 2.32. The van der Waals surface area contributed by atoms with Crippen LogP contribution in [0.15, 0.2) is 51.9 Å². The number of hydrogen-bond acceptors (Lipinski definition) is 5. The van der Waals surface area contributed by atoms with E-state index >= 15 is 0 Å². The van der Waals surface area contributed by atoms with Crippen LogP contribution in [-0.4, -0.2) is 54.9 Å². The van der Waals surface area contributed by atoms with Gasteiger partial charge in [0.15, 0.2) is 0 Å². The number of nitrogens with zero attached hydrogens (tertiary/aromatic N) is 3. The van der Waals surface area contributed by atoms with Crippen LogP contribution >= 0.6 is 0 Å². The van der Waals surface area contributed by atoms with Crippen LogP contribution in [0.25, 0.3) is 10.8 Å². The molecule has 1 fully saturated rings. The van der Waals surface area contributed by atoms with Crippen LogP contribution in [-0.2, 0) is 10.0 Å². The molecular formula is C20H21N3O4S. The minimum Gasteiger partial charge on any atom is -0.361 e. The molecule has 0 N–H and O–H groups in total. The molecule has 2 aromatic carbocycles. The van der Waals surface area contributed by atoms with Crippen LogP contribution in [0.4, 0.5) is 0 Å². The number of amides is 1. The molecule has 0 bridgehead atoms. The van der Waals surface area contributed by atoms with Gasteiger partial charge in [-0.1, -0.05) is 35.5 Å². The Kier molecular flexibility index (Phi) is 4.68. The number of sulfonamides is 1. The Hall–Kier alpha value is -2.71. The van der Waals surface area contributed by atoms with Crippen LogP contribution in [0.1, 0.15) is 21.8 Å². The van der Waals surface area contributed by atoms with Crippen molar-refractivity contribution in [3.05, 3.63) is 59.5 Å². The standard InChI is InChI=1S/C20H21N3O4S/c1-14-19(15(2)27-21-14)20(24)22-9-11-23(12-10-22)28(25,26)18-8-7-16-5-3-4-6-17(16)13-18/h3-8,13H,9-12H2,1-2H3. The molecule has 1 amide bonds. The average Bonchev–Trinajstić information content (AvgIpc) is 3.05. The number of aromatic nitrogens is 1. The molecule has 28 heavy (non-hydrogen) atoms. The minimum absolute atomic E-state index is 0.168. The van der Waals surface area contributed by atoms with E-state index in [1.54, 1.807) is 30.9 Å². The normalized spacial score (nSPS) is 15.9. The number of carbonyl (C=O) groups is 1. The molecule has 0 saturated carbocycles. The highest BCUT2D eigenvalue weighted by atomic mass is 32.2. The summed E-state index contributed by atoms with van der Waals surface area (Å²) in [5, 5.41) is 5.70. The summed E-state index contributed by atoms with van der Waals surface area (Å²) in [6.45, 7) is 4.60. The topological polar surface area (TPSA) is 83.7 Å². The maximum Gasteiger partial charge on any atom is 0.259 e. The third-order valence-electron chi connectivity index (χ3n) is 5.13. The first-order chi connectivity index (χ1) is 13.4. The fourth-order valence-corrected chi connectivity index (χ4v) is 5.01. The van der Waals surface area contributed by atoms with Gasteiger partial charge in [-0.2, -0.15) is 4.31 Å². The molecule has 0 aliphatic carbocycles. The number of carbonyl (C=O) groups excluding carboxylic acids is 1. The summed E-state index contributed by atoms with van der Waals surface area (Å²) in [6.07, 6.45) is 0. The summed E-state index contributed by atoms with van der Waals surface area (Å²) >= 11 is 0. The first-order valence-corrected chi connectivity index (χ1v) is 10.5. The molecule has 0 spiro atoms. The van der Waals surface area contributed by atoms with Crippen molar-refractivity contribution < 1.29 is 17.7 Å². The van der Waals surface area contributed by atoms with E-state index in [0.29, 0.717) is 30.1 Å². The lowest BCUT2D eigenvalue weighted by Gasteiger charge is -2.34. The second kappa shape index (κ2) is 7.03.